The molecule has 1 saturated heterocycles. The lowest BCUT2D eigenvalue weighted by Gasteiger charge is -2.35. The topological polar surface area (TPSA) is 49.9 Å². The molecule has 0 bridgehead atoms. The van der Waals surface area contributed by atoms with Crippen LogP contribution in [0.15, 0.2) is 42.5 Å². The third-order valence-electron chi connectivity index (χ3n) is 4.93. The Kier molecular flexibility index (Phi) is 6.28. The number of rotatable bonds is 4. The zero-order chi connectivity index (χ0) is 21.9. The van der Waals surface area contributed by atoms with Gasteiger partial charge in [-0.25, -0.2) is 4.39 Å². The number of benzene rings is 2. The lowest BCUT2D eigenvalue weighted by atomic mass is 10.1. The van der Waals surface area contributed by atoms with Gasteiger partial charge >= 0.3 is 6.18 Å². The number of methoxy groups -OCH3 is 1. The minimum atomic E-state index is -4.88. The average molecular weight is 424 g/mol. The zero-order valence-electron chi connectivity index (χ0n) is 16.2. The van der Waals surface area contributed by atoms with Crippen LogP contribution in [0.4, 0.5) is 17.6 Å². The van der Waals surface area contributed by atoms with Gasteiger partial charge in [0.1, 0.15) is 11.6 Å². The first-order valence-corrected chi connectivity index (χ1v) is 9.26. The maximum absolute atomic E-state index is 13.4. The van der Waals surface area contributed by atoms with Crippen LogP contribution < -0.4 is 4.74 Å². The minimum absolute atomic E-state index is 0.114. The largest absolute Gasteiger partial charge is 0.497 e. The van der Waals surface area contributed by atoms with Gasteiger partial charge in [0.2, 0.25) is 5.91 Å². The average Bonchev–Trinajstić information content (AvgIpc) is 2.73. The van der Waals surface area contributed by atoms with E-state index in [1.165, 1.54) is 12.0 Å². The molecule has 0 unspecified atom stereocenters. The minimum Gasteiger partial charge on any atom is -0.497 e. The first kappa shape index (κ1) is 21.6. The van der Waals surface area contributed by atoms with Crippen LogP contribution in [-0.4, -0.2) is 54.9 Å². The third-order valence-corrected chi connectivity index (χ3v) is 4.93. The summed E-state index contributed by atoms with van der Waals surface area (Å²) in [6.07, 6.45) is -4.70. The molecule has 2 aromatic carbocycles. The van der Waals surface area contributed by atoms with E-state index in [0.717, 1.165) is 11.6 Å². The van der Waals surface area contributed by atoms with Crippen molar-refractivity contribution >= 4 is 11.8 Å². The van der Waals surface area contributed by atoms with Gasteiger partial charge in [-0.1, -0.05) is 12.1 Å². The second kappa shape index (κ2) is 8.73. The fraction of sp³-hybridized carbons (Fsp3) is 0.333. The second-order valence-electron chi connectivity index (χ2n) is 6.89. The number of ether oxygens (including phenoxy) is 1. The van der Waals surface area contributed by atoms with E-state index >= 15 is 0 Å². The molecule has 1 heterocycles. The maximum atomic E-state index is 13.4. The van der Waals surface area contributed by atoms with Gasteiger partial charge in [0.15, 0.2) is 0 Å². The molecule has 0 saturated carbocycles. The van der Waals surface area contributed by atoms with Crippen LogP contribution in [0.2, 0.25) is 0 Å². The SMILES string of the molecule is COc1cccc(CC(=O)N2CCN(C(=O)c3ccc(F)c(C(F)(F)F)c3)CC2)c1. The van der Waals surface area contributed by atoms with Crippen LogP contribution in [0.3, 0.4) is 0 Å². The Morgan fingerprint density at radius 1 is 1.00 bits per heavy atom. The van der Waals surface area contributed by atoms with Crippen LogP contribution in [0, 0.1) is 5.82 Å². The van der Waals surface area contributed by atoms with Gasteiger partial charge in [-0.2, -0.15) is 13.2 Å². The molecule has 1 fully saturated rings. The predicted octanol–water partition coefficient (Wildman–Crippen LogP) is 3.38. The predicted molar refractivity (Wildman–Crippen MR) is 101 cm³/mol. The quantitative estimate of drug-likeness (QED) is 0.708. The summed E-state index contributed by atoms with van der Waals surface area (Å²) in [4.78, 5) is 28.0. The highest BCUT2D eigenvalue weighted by Crippen LogP contribution is 2.32. The summed E-state index contributed by atoms with van der Waals surface area (Å²) >= 11 is 0. The summed E-state index contributed by atoms with van der Waals surface area (Å²) in [5.41, 5.74) is -0.913. The van der Waals surface area contributed by atoms with Crippen LogP contribution in [-0.2, 0) is 17.4 Å². The molecule has 9 heteroatoms. The Hall–Kier alpha value is -3.10. The van der Waals surface area contributed by atoms with E-state index in [9.17, 15) is 27.2 Å². The molecule has 0 atom stereocenters. The molecule has 30 heavy (non-hydrogen) atoms. The number of halogens is 4. The molecule has 5 nitrogen and oxygen atoms in total. The Morgan fingerprint density at radius 3 is 2.30 bits per heavy atom. The summed E-state index contributed by atoms with van der Waals surface area (Å²) in [7, 11) is 1.54. The normalized spacial score (nSPS) is 14.6. The van der Waals surface area contributed by atoms with E-state index in [4.69, 9.17) is 4.74 Å². The fourth-order valence-electron chi connectivity index (χ4n) is 3.29. The maximum Gasteiger partial charge on any atom is 0.419 e. The smallest absolute Gasteiger partial charge is 0.419 e. The van der Waals surface area contributed by atoms with E-state index in [1.807, 2.05) is 6.07 Å². The van der Waals surface area contributed by atoms with E-state index in [0.29, 0.717) is 17.9 Å². The Labute approximate surface area is 170 Å². The summed E-state index contributed by atoms with van der Waals surface area (Å²) in [5.74, 6) is -1.52. The molecule has 2 aromatic rings. The number of hydrogen-bond donors (Lipinski definition) is 0. The number of carbonyl (C=O) groups excluding carboxylic acids is 2. The molecule has 2 amide bonds. The van der Waals surface area contributed by atoms with Crippen molar-refractivity contribution in [3.05, 3.63) is 65.0 Å². The molecule has 1 aliphatic rings. The zero-order valence-corrected chi connectivity index (χ0v) is 16.2. The summed E-state index contributed by atoms with van der Waals surface area (Å²) < 4.78 is 57.2. The van der Waals surface area contributed by atoms with Crippen molar-refractivity contribution in [2.24, 2.45) is 0 Å². The van der Waals surface area contributed by atoms with Crippen LogP contribution in [0.5, 0.6) is 5.75 Å². The lowest BCUT2D eigenvalue weighted by molar-refractivity contribution is -0.140. The summed E-state index contributed by atoms with van der Waals surface area (Å²) in [6.45, 7) is 0.895. The van der Waals surface area contributed by atoms with Crippen molar-refractivity contribution in [3.63, 3.8) is 0 Å². The molecule has 0 aromatic heterocycles. The van der Waals surface area contributed by atoms with Gasteiger partial charge < -0.3 is 14.5 Å². The number of carbonyl (C=O) groups is 2. The fourth-order valence-corrected chi connectivity index (χ4v) is 3.29. The monoisotopic (exact) mass is 424 g/mol. The first-order chi connectivity index (χ1) is 14.2. The number of hydrogen-bond acceptors (Lipinski definition) is 3. The standard InChI is InChI=1S/C21H20F4N2O3/c1-30-16-4-2-3-14(11-16)12-19(28)26-7-9-27(10-8-26)20(29)15-5-6-18(22)17(13-15)21(23,24)25/h2-6,11,13H,7-10,12H2,1H3. The molecule has 0 radical (unpaired) electrons. The summed E-state index contributed by atoms with van der Waals surface area (Å²) in [5, 5.41) is 0. The van der Waals surface area contributed by atoms with Gasteiger partial charge in [-0.05, 0) is 35.9 Å². The van der Waals surface area contributed by atoms with E-state index < -0.39 is 23.5 Å². The molecule has 160 valence electrons. The van der Waals surface area contributed by atoms with Gasteiger partial charge in [-0.3, -0.25) is 9.59 Å². The molecule has 0 spiro atoms. The Morgan fingerprint density at radius 2 is 1.67 bits per heavy atom. The second-order valence-corrected chi connectivity index (χ2v) is 6.89. The molecule has 1 aliphatic heterocycles. The van der Waals surface area contributed by atoms with Crippen molar-refractivity contribution in [3.8, 4) is 5.75 Å². The summed E-state index contributed by atoms with van der Waals surface area (Å²) in [6, 6.07) is 9.35. The van der Waals surface area contributed by atoms with Gasteiger partial charge in [0, 0.05) is 31.7 Å². The van der Waals surface area contributed by atoms with Crippen molar-refractivity contribution in [2.45, 2.75) is 12.6 Å². The van der Waals surface area contributed by atoms with E-state index in [2.05, 4.69) is 0 Å². The molecular weight excluding hydrogens is 404 g/mol. The van der Waals surface area contributed by atoms with Gasteiger partial charge in [0.05, 0.1) is 19.1 Å². The number of piperazine rings is 1. The number of amides is 2. The van der Waals surface area contributed by atoms with Crippen LogP contribution in [0.1, 0.15) is 21.5 Å². The molecular formula is C21H20F4N2O3. The highest BCUT2D eigenvalue weighted by atomic mass is 19.4. The lowest BCUT2D eigenvalue weighted by Crippen LogP contribution is -2.51. The highest BCUT2D eigenvalue weighted by molar-refractivity contribution is 5.94. The van der Waals surface area contributed by atoms with Crippen molar-refractivity contribution in [1.29, 1.82) is 0 Å². The molecule has 3 rings (SSSR count). The van der Waals surface area contributed by atoms with E-state index in [1.54, 1.807) is 23.1 Å². The highest BCUT2D eigenvalue weighted by Gasteiger charge is 2.35. The van der Waals surface area contributed by atoms with Gasteiger partial charge in [0.25, 0.3) is 5.91 Å². The van der Waals surface area contributed by atoms with E-state index in [-0.39, 0.29) is 44.1 Å². The van der Waals surface area contributed by atoms with Crippen molar-refractivity contribution in [2.75, 3.05) is 33.3 Å². The molecule has 0 N–H and O–H groups in total. The Bertz CT molecular complexity index is 938. The Balaban J connectivity index is 1.61. The number of nitrogens with zero attached hydrogens (tertiary/aromatic N) is 2. The first-order valence-electron chi connectivity index (χ1n) is 9.26. The van der Waals surface area contributed by atoms with Gasteiger partial charge in [-0.15, -0.1) is 0 Å². The third kappa shape index (κ3) is 4.90. The molecule has 0 aliphatic carbocycles. The van der Waals surface area contributed by atoms with Crippen LogP contribution in [0.25, 0.3) is 0 Å². The van der Waals surface area contributed by atoms with Crippen molar-refractivity contribution in [1.82, 2.24) is 9.80 Å². The van der Waals surface area contributed by atoms with Crippen molar-refractivity contribution < 1.29 is 31.9 Å². The number of alkyl halides is 3. The van der Waals surface area contributed by atoms with Crippen LogP contribution >= 0.6 is 0 Å².